The van der Waals surface area contributed by atoms with E-state index < -0.39 is 24.3 Å². The van der Waals surface area contributed by atoms with Crippen LogP contribution in [-0.4, -0.2) is 50.4 Å². The zero-order valence-electron chi connectivity index (χ0n) is 17.9. The van der Waals surface area contributed by atoms with E-state index in [1.807, 2.05) is 6.07 Å². The van der Waals surface area contributed by atoms with Gasteiger partial charge in [-0.25, -0.2) is 14.6 Å². The zero-order chi connectivity index (χ0) is 28.2. The number of alkyl halides is 6. The van der Waals surface area contributed by atoms with Crippen LogP contribution in [0.15, 0.2) is 67.0 Å². The van der Waals surface area contributed by atoms with Crippen molar-refractivity contribution in [2.75, 3.05) is 5.32 Å². The van der Waals surface area contributed by atoms with Crippen molar-refractivity contribution in [1.29, 1.82) is 0 Å². The number of aliphatic carboxylic acids is 2. The minimum absolute atomic E-state index is 0.305. The molecule has 0 aliphatic rings. The van der Waals surface area contributed by atoms with Gasteiger partial charge in [0.1, 0.15) is 11.4 Å². The Hall–Kier alpha value is -4.40. The van der Waals surface area contributed by atoms with Crippen LogP contribution in [-0.2, 0) is 9.59 Å². The Kier molecular flexibility index (Phi) is 11.3. The van der Waals surface area contributed by atoms with Gasteiger partial charge < -0.3 is 20.3 Å². The van der Waals surface area contributed by atoms with Crippen LogP contribution >= 0.6 is 11.6 Å². The lowest BCUT2D eigenvalue weighted by Crippen LogP contribution is -2.21. The summed E-state index contributed by atoms with van der Waals surface area (Å²) < 4.78 is 69.1. The standard InChI is InChI=1S/C17H12ClN3O2.2C2HF3O2/c18-13-11-12(21-17(22)14-5-1-3-9-19-14)7-8-15(13)23-16-6-2-4-10-20-16;2*3-2(4,5)1(6)7/h1-11H,(H,21,22);2*(H,6,7). The molecule has 0 fully saturated rings. The molecule has 1 amide bonds. The highest BCUT2D eigenvalue weighted by atomic mass is 35.5. The fourth-order valence-electron chi connectivity index (χ4n) is 1.87. The Morgan fingerprint density at radius 3 is 1.73 bits per heavy atom. The number of carbonyl (C=O) groups is 3. The summed E-state index contributed by atoms with van der Waals surface area (Å²) in [4.78, 5) is 37.9. The molecule has 0 unspecified atom stereocenters. The van der Waals surface area contributed by atoms with Crippen molar-refractivity contribution < 1.29 is 55.7 Å². The van der Waals surface area contributed by atoms with Crippen LogP contribution < -0.4 is 10.1 Å². The fourth-order valence-corrected chi connectivity index (χ4v) is 2.09. The van der Waals surface area contributed by atoms with Crippen LogP contribution in [0.2, 0.25) is 5.02 Å². The second-order valence-corrected chi connectivity index (χ2v) is 6.60. The van der Waals surface area contributed by atoms with Gasteiger partial charge in [-0.15, -0.1) is 0 Å². The number of amides is 1. The molecule has 0 bridgehead atoms. The summed E-state index contributed by atoms with van der Waals surface area (Å²) in [6.07, 6.45) is -6.98. The highest BCUT2D eigenvalue weighted by Gasteiger charge is 2.38. The van der Waals surface area contributed by atoms with Crippen molar-refractivity contribution in [1.82, 2.24) is 9.97 Å². The largest absolute Gasteiger partial charge is 0.490 e. The molecule has 0 saturated heterocycles. The number of hydrogen-bond donors (Lipinski definition) is 3. The smallest absolute Gasteiger partial charge is 0.475 e. The first-order valence-corrected chi connectivity index (χ1v) is 9.70. The van der Waals surface area contributed by atoms with E-state index in [2.05, 4.69) is 15.3 Å². The summed E-state index contributed by atoms with van der Waals surface area (Å²) in [5, 5.41) is 17.4. The fraction of sp³-hybridized carbons (Fsp3) is 0.0952. The van der Waals surface area contributed by atoms with Crippen molar-refractivity contribution in [3.05, 3.63) is 77.7 Å². The quantitative estimate of drug-likeness (QED) is 0.363. The second-order valence-electron chi connectivity index (χ2n) is 6.19. The van der Waals surface area contributed by atoms with Gasteiger partial charge in [0, 0.05) is 24.1 Å². The molecule has 9 nitrogen and oxygen atoms in total. The third kappa shape index (κ3) is 11.7. The van der Waals surface area contributed by atoms with Gasteiger partial charge in [0.25, 0.3) is 5.91 Å². The van der Waals surface area contributed by atoms with Gasteiger partial charge in [0.05, 0.1) is 5.02 Å². The number of carbonyl (C=O) groups excluding carboxylic acids is 1. The molecule has 3 rings (SSSR count). The summed E-state index contributed by atoms with van der Waals surface area (Å²) in [6, 6.07) is 15.5. The first kappa shape index (κ1) is 30.6. The SMILES string of the molecule is O=C(Nc1ccc(Oc2ccccn2)c(Cl)c1)c1ccccn1.O=C(O)C(F)(F)F.O=C(O)C(F)(F)F. The third-order valence-electron chi connectivity index (χ3n) is 3.42. The molecule has 16 heteroatoms. The van der Waals surface area contributed by atoms with Crippen molar-refractivity contribution in [3.8, 4) is 11.6 Å². The topological polar surface area (TPSA) is 139 Å². The molecule has 3 aromatic rings. The van der Waals surface area contributed by atoms with E-state index in [1.54, 1.807) is 60.9 Å². The number of rotatable bonds is 4. The molecular weight excluding hydrogens is 540 g/mol. The molecule has 0 aliphatic carbocycles. The number of ether oxygens (including phenoxy) is 1. The minimum atomic E-state index is -5.08. The summed E-state index contributed by atoms with van der Waals surface area (Å²) in [7, 11) is 0. The highest BCUT2D eigenvalue weighted by molar-refractivity contribution is 6.32. The average molecular weight is 554 g/mol. The van der Waals surface area contributed by atoms with Gasteiger partial charge in [-0.05, 0) is 36.4 Å². The predicted octanol–water partition coefficient (Wildman–Crippen LogP) is 5.44. The van der Waals surface area contributed by atoms with Gasteiger partial charge in [0.15, 0.2) is 0 Å². The third-order valence-corrected chi connectivity index (χ3v) is 3.72. The van der Waals surface area contributed by atoms with Gasteiger partial charge >= 0.3 is 24.3 Å². The van der Waals surface area contributed by atoms with E-state index >= 15 is 0 Å². The van der Waals surface area contributed by atoms with E-state index in [1.165, 1.54) is 0 Å². The van der Waals surface area contributed by atoms with Crippen LogP contribution in [0.5, 0.6) is 11.6 Å². The number of anilines is 1. The molecule has 2 aromatic heterocycles. The van der Waals surface area contributed by atoms with Crippen LogP contribution in [0.25, 0.3) is 0 Å². The molecule has 0 spiro atoms. The first-order valence-electron chi connectivity index (χ1n) is 9.32. The number of carboxylic acids is 2. The molecule has 0 saturated carbocycles. The lowest BCUT2D eigenvalue weighted by atomic mass is 10.2. The summed E-state index contributed by atoms with van der Waals surface area (Å²) in [5.74, 6) is -4.92. The monoisotopic (exact) mass is 553 g/mol. The maximum atomic E-state index is 12.0. The second kappa shape index (κ2) is 13.6. The van der Waals surface area contributed by atoms with E-state index in [-0.39, 0.29) is 5.91 Å². The van der Waals surface area contributed by atoms with Crippen LogP contribution in [0.4, 0.5) is 32.0 Å². The van der Waals surface area contributed by atoms with Crippen molar-refractivity contribution in [2.24, 2.45) is 0 Å². The van der Waals surface area contributed by atoms with Gasteiger partial charge in [0.2, 0.25) is 5.88 Å². The number of aromatic nitrogens is 2. The molecule has 1 aromatic carbocycles. The molecule has 0 radical (unpaired) electrons. The molecule has 2 heterocycles. The lowest BCUT2D eigenvalue weighted by molar-refractivity contribution is -0.193. The Bertz CT molecular complexity index is 1170. The van der Waals surface area contributed by atoms with Crippen molar-refractivity contribution >= 4 is 35.1 Å². The Morgan fingerprint density at radius 2 is 1.32 bits per heavy atom. The van der Waals surface area contributed by atoms with E-state index in [4.69, 9.17) is 36.1 Å². The van der Waals surface area contributed by atoms with Crippen LogP contribution in [0, 0.1) is 0 Å². The van der Waals surface area contributed by atoms with Crippen molar-refractivity contribution in [2.45, 2.75) is 12.4 Å². The van der Waals surface area contributed by atoms with Crippen LogP contribution in [0.1, 0.15) is 10.5 Å². The number of benzene rings is 1. The number of nitrogens with one attached hydrogen (secondary N) is 1. The van der Waals surface area contributed by atoms with Crippen molar-refractivity contribution in [3.63, 3.8) is 0 Å². The molecule has 0 aliphatic heterocycles. The normalized spacial score (nSPS) is 10.6. The van der Waals surface area contributed by atoms with Gasteiger partial charge in [-0.3, -0.25) is 9.78 Å². The minimum Gasteiger partial charge on any atom is -0.475 e. The first-order chi connectivity index (χ1) is 17.1. The van der Waals surface area contributed by atoms with Crippen LogP contribution in [0.3, 0.4) is 0 Å². The summed E-state index contributed by atoms with van der Waals surface area (Å²) in [6.45, 7) is 0. The predicted molar refractivity (Wildman–Crippen MR) is 115 cm³/mol. The molecule has 0 atom stereocenters. The summed E-state index contributed by atoms with van der Waals surface area (Å²) >= 11 is 6.19. The molecule has 198 valence electrons. The number of carboxylic acid groups (broad SMARTS) is 2. The molecule has 37 heavy (non-hydrogen) atoms. The Morgan fingerprint density at radius 1 is 0.811 bits per heavy atom. The molecular formula is C21H14ClF6N3O6. The molecule has 3 N–H and O–H groups in total. The number of pyridine rings is 2. The van der Waals surface area contributed by atoms with E-state index in [0.717, 1.165) is 0 Å². The Balaban J connectivity index is 0.000000404. The van der Waals surface area contributed by atoms with Gasteiger partial charge in [-0.1, -0.05) is 23.7 Å². The lowest BCUT2D eigenvalue weighted by Gasteiger charge is -2.09. The van der Waals surface area contributed by atoms with Gasteiger partial charge in [-0.2, -0.15) is 26.3 Å². The maximum Gasteiger partial charge on any atom is 0.490 e. The number of halogens is 7. The average Bonchev–Trinajstić information content (AvgIpc) is 2.81. The zero-order valence-corrected chi connectivity index (χ0v) is 18.7. The maximum absolute atomic E-state index is 12.0. The van der Waals surface area contributed by atoms with E-state index in [0.29, 0.717) is 28.0 Å². The highest BCUT2D eigenvalue weighted by Crippen LogP contribution is 2.31. The number of nitrogens with zero attached hydrogens (tertiary/aromatic N) is 2. The van der Waals surface area contributed by atoms with E-state index in [9.17, 15) is 31.1 Å². The summed E-state index contributed by atoms with van der Waals surface area (Å²) in [5.41, 5.74) is 0.886. The number of hydrogen-bond acceptors (Lipinski definition) is 6. The Labute approximate surface area is 208 Å².